The normalized spacial score (nSPS) is 16.2. The molecule has 0 spiro atoms. The number of rotatable bonds is 3. The standard InChI is InChI=1S/C12H18N2O2/c1-16-12-3-2-11(8-10(12)9-15)14-6-4-13-5-7-14/h2-3,8,13,15H,4-7,9H2,1H3. The quantitative estimate of drug-likeness (QED) is 0.786. The second kappa shape index (κ2) is 5.18. The Kier molecular flexibility index (Phi) is 3.64. The highest BCUT2D eigenvalue weighted by molar-refractivity contribution is 5.53. The maximum Gasteiger partial charge on any atom is 0.124 e. The molecule has 1 heterocycles. The van der Waals surface area contributed by atoms with E-state index in [0.717, 1.165) is 43.2 Å². The summed E-state index contributed by atoms with van der Waals surface area (Å²) in [7, 11) is 1.62. The van der Waals surface area contributed by atoms with Crippen molar-refractivity contribution in [3.8, 4) is 5.75 Å². The molecule has 0 radical (unpaired) electrons. The fourth-order valence-electron chi connectivity index (χ4n) is 2.01. The molecule has 2 N–H and O–H groups in total. The van der Waals surface area contributed by atoms with Gasteiger partial charge in [-0.3, -0.25) is 0 Å². The molecule has 1 fully saturated rings. The number of piperazine rings is 1. The molecule has 1 aromatic carbocycles. The molecule has 4 heteroatoms. The van der Waals surface area contributed by atoms with E-state index in [0.29, 0.717) is 0 Å². The van der Waals surface area contributed by atoms with E-state index < -0.39 is 0 Å². The summed E-state index contributed by atoms with van der Waals surface area (Å²) in [6.07, 6.45) is 0. The van der Waals surface area contributed by atoms with Crippen LogP contribution in [0.1, 0.15) is 5.56 Å². The van der Waals surface area contributed by atoms with Crippen molar-refractivity contribution >= 4 is 5.69 Å². The summed E-state index contributed by atoms with van der Waals surface area (Å²) in [6.45, 7) is 4.07. The predicted molar refractivity (Wildman–Crippen MR) is 64.0 cm³/mol. The maximum atomic E-state index is 9.26. The number of nitrogens with zero attached hydrogens (tertiary/aromatic N) is 1. The van der Waals surface area contributed by atoms with Gasteiger partial charge in [0.15, 0.2) is 0 Å². The summed E-state index contributed by atoms with van der Waals surface area (Å²) in [5, 5.41) is 12.6. The van der Waals surface area contributed by atoms with E-state index in [1.807, 2.05) is 18.2 Å². The molecule has 0 atom stereocenters. The molecule has 0 aromatic heterocycles. The Labute approximate surface area is 95.8 Å². The lowest BCUT2D eigenvalue weighted by Gasteiger charge is -2.30. The van der Waals surface area contributed by atoms with Crippen molar-refractivity contribution in [3.05, 3.63) is 23.8 Å². The van der Waals surface area contributed by atoms with E-state index in [-0.39, 0.29) is 6.61 Å². The lowest BCUT2D eigenvalue weighted by atomic mass is 10.1. The third kappa shape index (κ3) is 2.28. The number of aliphatic hydroxyl groups is 1. The van der Waals surface area contributed by atoms with Gasteiger partial charge in [-0.15, -0.1) is 0 Å². The van der Waals surface area contributed by atoms with Gasteiger partial charge in [0.25, 0.3) is 0 Å². The Bertz CT molecular complexity index is 349. The van der Waals surface area contributed by atoms with E-state index >= 15 is 0 Å². The van der Waals surface area contributed by atoms with Crippen LogP contribution < -0.4 is 15.0 Å². The molecule has 1 aromatic rings. The van der Waals surface area contributed by atoms with Crippen LogP contribution >= 0.6 is 0 Å². The van der Waals surface area contributed by atoms with Crippen molar-refractivity contribution in [1.29, 1.82) is 0 Å². The third-order valence-electron chi connectivity index (χ3n) is 2.92. The molecule has 1 saturated heterocycles. The zero-order chi connectivity index (χ0) is 11.4. The summed E-state index contributed by atoms with van der Waals surface area (Å²) in [4.78, 5) is 2.31. The number of benzene rings is 1. The number of hydrogen-bond donors (Lipinski definition) is 2. The molecule has 88 valence electrons. The lowest BCUT2D eigenvalue weighted by Crippen LogP contribution is -2.43. The Morgan fingerprint density at radius 1 is 1.38 bits per heavy atom. The van der Waals surface area contributed by atoms with Gasteiger partial charge in [-0.1, -0.05) is 0 Å². The van der Waals surface area contributed by atoms with Gasteiger partial charge in [0, 0.05) is 37.4 Å². The van der Waals surface area contributed by atoms with Crippen LogP contribution in [0.4, 0.5) is 5.69 Å². The maximum absolute atomic E-state index is 9.26. The molecule has 2 rings (SSSR count). The van der Waals surface area contributed by atoms with Crippen molar-refractivity contribution < 1.29 is 9.84 Å². The first-order valence-electron chi connectivity index (χ1n) is 5.58. The molecular formula is C12H18N2O2. The van der Waals surface area contributed by atoms with Gasteiger partial charge in [0.2, 0.25) is 0 Å². The van der Waals surface area contributed by atoms with Crippen LogP contribution in [-0.4, -0.2) is 38.4 Å². The van der Waals surface area contributed by atoms with Gasteiger partial charge in [-0.25, -0.2) is 0 Å². The number of aliphatic hydroxyl groups excluding tert-OH is 1. The lowest BCUT2D eigenvalue weighted by molar-refractivity contribution is 0.274. The fraction of sp³-hybridized carbons (Fsp3) is 0.500. The van der Waals surface area contributed by atoms with Crippen LogP contribution in [0.2, 0.25) is 0 Å². The summed E-state index contributed by atoms with van der Waals surface area (Å²) >= 11 is 0. The highest BCUT2D eigenvalue weighted by atomic mass is 16.5. The number of nitrogens with one attached hydrogen (secondary N) is 1. The van der Waals surface area contributed by atoms with Crippen LogP contribution in [-0.2, 0) is 6.61 Å². The average molecular weight is 222 g/mol. The number of anilines is 1. The van der Waals surface area contributed by atoms with Gasteiger partial charge in [-0.05, 0) is 18.2 Å². The smallest absolute Gasteiger partial charge is 0.124 e. The molecule has 0 amide bonds. The number of ether oxygens (including phenoxy) is 1. The second-order valence-corrected chi connectivity index (χ2v) is 3.89. The van der Waals surface area contributed by atoms with E-state index in [1.54, 1.807) is 7.11 Å². The van der Waals surface area contributed by atoms with E-state index in [4.69, 9.17) is 4.74 Å². The molecule has 16 heavy (non-hydrogen) atoms. The number of methoxy groups -OCH3 is 1. The Morgan fingerprint density at radius 3 is 2.75 bits per heavy atom. The van der Waals surface area contributed by atoms with Gasteiger partial charge >= 0.3 is 0 Å². The molecule has 4 nitrogen and oxygen atoms in total. The van der Waals surface area contributed by atoms with Crippen LogP contribution in [0.5, 0.6) is 5.75 Å². The predicted octanol–water partition coefficient (Wildman–Crippen LogP) is 0.597. The van der Waals surface area contributed by atoms with Crippen molar-refractivity contribution in [2.75, 3.05) is 38.2 Å². The van der Waals surface area contributed by atoms with Crippen LogP contribution in [0.15, 0.2) is 18.2 Å². The van der Waals surface area contributed by atoms with Crippen molar-refractivity contribution in [2.45, 2.75) is 6.61 Å². The Balaban J connectivity index is 2.20. The zero-order valence-electron chi connectivity index (χ0n) is 9.57. The van der Waals surface area contributed by atoms with Crippen LogP contribution in [0, 0.1) is 0 Å². The van der Waals surface area contributed by atoms with Crippen molar-refractivity contribution in [3.63, 3.8) is 0 Å². The largest absolute Gasteiger partial charge is 0.496 e. The SMILES string of the molecule is COc1ccc(N2CCNCC2)cc1CO. The molecule has 0 aliphatic carbocycles. The van der Waals surface area contributed by atoms with E-state index in [2.05, 4.69) is 10.2 Å². The Morgan fingerprint density at radius 2 is 2.12 bits per heavy atom. The zero-order valence-corrected chi connectivity index (χ0v) is 9.57. The van der Waals surface area contributed by atoms with Gasteiger partial charge < -0.3 is 20.1 Å². The highest BCUT2D eigenvalue weighted by Gasteiger charge is 2.12. The van der Waals surface area contributed by atoms with Crippen molar-refractivity contribution in [2.24, 2.45) is 0 Å². The first-order chi connectivity index (χ1) is 7.85. The second-order valence-electron chi connectivity index (χ2n) is 3.89. The summed E-state index contributed by atoms with van der Waals surface area (Å²) in [5.74, 6) is 0.751. The molecule has 0 bridgehead atoms. The third-order valence-corrected chi connectivity index (χ3v) is 2.92. The van der Waals surface area contributed by atoms with Crippen molar-refractivity contribution in [1.82, 2.24) is 5.32 Å². The topological polar surface area (TPSA) is 44.7 Å². The van der Waals surface area contributed by atoms with Gasteiger partial charge in [0.1, 0.15) is 5.75 Å². The first-order valence-corrected chi connectivity index (χ1v) is 5.58. The molecule has 0 unspecified atom stereocenters. The molecule has 1 aliphatic rings. The monoisotopic (exact) mass is 222 g/mol. The van der Waals surface area contributed by atoms with Gasteiger partial charge in [-0.2, -0.15) is 0 Å². The first kappa shape index (κ1) is 11.2. The minimum absolute atomic E-state index is 0.0170. The van der Waals surface area contributed by atoms with E-state index in [9.17, 15) is 5.11 Å². The molecule has 0 saturated carbocycles. The van der Waals surface area contributed by atoms with Crippen LogP contribution in [0.3, 0.4) is 0 Å². The minimum Gasteiger partial charge on any atom is -0.496 e. The minimum atomic E-state index is 0.0170. The van der Waals surface area contributed by atoms with Crippen LogP contribution in [0.25, 0.3) is 0 Å². The Hall–Kier alpha value is -1.26. The highest BCUT2D eigenvalue weighted by Crippen LogP contribution is 2.25. The summed E-state index contributed by atoms with van der Waals surface area (Å²) in [6, 6.07) is 5.97. The summed E-state index contributed by atoms with van der Waals surface area (Å²) in [5.41, 5.74) is 2.00. The molecular weight excluding hydrogens is 204 g/mol. The number of hydrogen-bond acceptors (Lipinski definition) is 4. The van der Waals surface area contributed by atoms with E-state index in [1.165, 1.54) is 0 Å². The fourth-order valence-corrected chi connectivity index (χ4v) is 2.01. The molecule has 1 aliphatic heterocycles. The summed E-state index contributed by atoms with van der Waals surface area (Å²) < 4.78 is 5.19. The van der Waals surface area contributed by atoms with Gasteiger partial charge in [0.05, 0.1) is 13.7 Å². The average Bonchev–Trinajstić information content (AvgIpc) is 2.39.